The largest absolute Gasteiger partial charge is 0.310 e. The Morgan fingerprint density at radius 3 is 1.75 bits per heavy atom. The topological polar surface area (TPSA) is 6.48 Å². The second-order valence-electron chi connectivity index (χ2n) is 12.5. The second kappa shape index (κ2) is 13.2. The quantitative estimate of drug-likeness (QED) is 0.166. The summed E-state index contributed by atoms with van der Waals surface area (Å²) in [6.07, 6.45) is 15.6. The number of hydrogen-bond acceptors (Lipinski definition) is 2. The van der Waals surface area contributed by atoms with E-state index in [1.165, 1.54) is 33.0 Å². The first-order valence-electron chi connectivity index (χ1n) is 16.8. The molecule has 0 atom stereocenters. The Bertz CT molecular complexity index is 2160. The highest BCUT2D eigenvalue weighted by Gasteiger charge is 2.18. The third-order valence-corrected chi connectivity index (χ3v) is 9.43. The lowest BCUT2D eigenvalue weighted by Gasteiger charge is -2.29. The van der Waals surface area contributed by atoms with Crippen molar-refractivity contribution in [3.63, 3.8) is 0 Å². The molecule has 3 heteroatoms. The maximum absolute atomic E-state index is 13.5. The molecule has 0 aliphatic heterocycles. The Kier molecular flexibility index (Phi) is 8.18. The van der Waals surface area contributed by atoms with E-state index in [1.54, 1.807) is 0 Å². The van der Waals surface area contributed by atoms with Crippen LogP contribution in [0.25, 0.3) is 22.4 Å². The van der Waals surface area contributed by atoms with Gasteiger partial charge in [-0.15, -0.1) is 0 Å². The normalized spacial score (nSPS) is 13.6. The summed E-state index contributed by atoms with van der Waals surface area (Å²) < 4.78 is 13.5. The van der Waals surface area contributed by atoms with Gasteiger partial charge in [0.25, 0.3) is 0 Å². The molecule has 0 fully saturated rings. The fourth-order valence-corrected chi connectivity index (χ4v) is 6.88. The Morgan fingerprint density at radius 1 is 0.500 bits per heavy atom. The van der Waals surface area contributed by atoms with Crippen molar-refractivity contribution in [2.24, 2.45) is 0 Å². The lowest BCUT2D eigenvalue weighted by molar-refractivity contribution is 0.485. The van der Waals surface area contributed by atoms with E-state index in [2.05, 4.69) is 149 Å². The predicted molar refractivity (Wildman–Crippen MR) is 202 cm³/mol. The molecule has 2 nitrogen and oxygen atoms in total. The first-order chi connectivity index (χ1) is 23.7. The van der Waals surface area contributed by atoms with Crippen molar-refractivity contribution in [1.82, 2.24) is 0 Å². The standard InChI is InChI=1S/C45H37FN2/c46-32-33-14-20-40(21-15-33)47(44-24-18-35-10-4-6-12-38(35)30-44)42-26-28-43(29-27-42)48(45-25-19-36-11-5-7-13-39(36)31-45)41-22-16-37(17-23-41)34-8-2-1-3-9-34/h2,5-9,11-31H,1,3-4,10,32H2. The predicted octanol–water partition coefficient (Wildman–Crippen LogP) is 12.9. The van der Waals surface area contributed by atoms with Gasteiger partial charge in [-0.05, 0) is 137 Å². The van der Waals surface area contributed by atoms with E-state index in [0.717, 1.165) is 59.8 Å². The molecule has 2 aliphatic rings. The highest BCUT2D eigenvalue weighted by molar-refractivity contribution is 5.90. The van der Waals surface area contributed by atoms with Crippen LogP contribution in [0.15, 0.2) is 158 Å². The molecule has 0 amide bonds. The minimum absolute atomic E-state index is 0.474. The number of allylic oxidation sites excluding steroid dienone is 5. The third-order valence-electron chi connectivity index (χ3n) is 9.43. The average molecular weight is 625 g/mol. The zero-order valence-corrected chi connectivity index (χ0v) is 26.9. The molecule has 0 saturated carbocycles. The van der Waals surface area contributed by atoms with Crippen LogP contribution in [-0.2, 0) is 13.1 Å². The first-order valence-corrected chi connectivity index (χ1v) is 16.8. The molecular weight excluding hydrogens is 588 g/mol. The summed E-state index contributed by atoms with van der Waals surface area (Å²) in [4.78, 5) is 4.59. The van der Waals surface area contributed by atoms with Crippen LogP contribution in [0.5, 0.6) is 0 Å². The van der Waals surface area contributed by atoms with Crippen molar-refractivity contribution >= 4 is 56.5 Å². The summed E-state index contributed by atoms with van der Waals surface area (Å²) in [5.41, 5.74) is 12.2. The molecule has 48 heavy (non-hydrogen) atoms. The Hall–Kier alpha value is -5.67. The van der Waals surface area contributed by atoms with E-state index < -0.39 is 6.67 Å². The van der Waals surface area contributed by atoms with Crippen molar-refractivity contribution < 1.29 is 4.39 Å². The molecular formula is C45H37FN2. The SMILES string of the molecule is FCc1ccc(N(c2ccc(N(c3ccc(C4=CCCC=C4)cc3)c3ccc4ccccc4c3)cc2)c2ccc3c(c2)C=CCC3)cc1. The Balaban J connectivity index is 1.21. The summed E-state index contributed by atoms with van der Waals surface area (Å²) in [5.74, 6) is 0. The number of anilines is 6. The number of hydrogen-bond donors (Lipinski definition) is 0. The van der Waals surface area contributed by atoms with Crippen molar-refractivity contribution in [3.05, 3.63) is 180 Å². The number of nitrogens with zero attached hydrogens (tertiary/aromatic N) is 2. The molecule has 6 aromatic carbocycles. The van der Waals surface area contributed by atoms with Gasteiger partial charge in [-0.25, -0.2) is 4.39 Å². The number of fused-ring (bicyclic) bond motifs is 2. The number of halogens is 1. The Morgan fingerprint density at radius 2 is 1.08 bits per heavy atom. The highest BCUT2D eigenvalue weighted by Crippen LogP contribution is 2.41. The number of rotatable bonds is 8. The van der Waals surface area contributed by atoms with E-state index >= 15 is 0 Å². The highest BCUT2D eigenvalue weighted by atomic mass is 19.1. The number of alkyl halides is 1. The van der Waals surface area contributed by atoms with Gasteiger partial charge in [0, 0.05) is 34.1 Å². The third kappa shape index (κ3) is 5.96. The van der Waals surface area contributed by atoms with Crippen molar-refractivity contribution in [3.8, 4) is 0 Å². The number of aryl methyl sites for hydroxylation is 1. The maximum Gasteiger partial charge on any atom is 0.115 e. The molecule has 0 saturated heterocycles. The first kappa shape index (κ1) is 29.7. The summed E-state index contributed by atoms with van der Waals surface area (Å²) in [5, 5.41) is 2.42. The minimum atomic E-state index is -0.474. The van der Waals surface area contributed by atoms with Crippen molar-refractivity contribution in [2.75, 3.05) is 9.80 Å². The van der Waals surface area contributed by atoms with Crippen LogP contribution in [0.1, 0.15) is 41.5 Å². The van der Waals surface area contributed by atoms with Gasteiger partial charge in [-0.2, -0.15) is 0 Å². The molecule has 0 spiro atoms. The fraction of sp³-hybridized carbons (Fsp3) is 0.111. The van der Waals surface area contributed by atoms with Crippen LogP contribution in [0, 0.1) is 0 Å². The van der Waals surface area contributed by atoms with Crippen molar-refractivity contribution in [2.45, 2.75) is 32.4 Å². The van der Waals surface area contributed by atoms with E-state index in [-0.39, 0.29) is 0 Å². The molecule has 8 rings (SSSR count). The molecule has 0 unspecified atom stereocenters. The van der Waals surface area contributed by atoms with Gasteiger partial charge in [0.2, 0.25) is 0 Å². The smallest absolute Gasteiger partial charge is 0.115 e. The molecule has 0 heterocycles. The van der Waals surface area contributed by atoms with Crippen LogP contribution in [0.3, 0.4) is 0 Å². The molecule has 2 aliphatic carbocycles. The van der Waals surface area contributed by atoms with E-state index in [9.17, 15) is 4.39 Å². The van der Waals surface area contributed by atoms with Crippen LogP contribution in [0.4, 0.5) is 38.5 Å². The summed E-state index contributed by atoms with van der Waals surface area (Å²) >= 11 is 0. The van der Waals surface area contributed by atoms with E-state index in [4.69, 9.17) is 0 Å². The molecule has 0 bridgehead atoms. The molecule has 0 N–H and O–H groups in total. The maximum atomic E-state index is 13.5. The lowest BCUT2D eigenvalue weighted by Crippen LogP contribution is -2.12. The van der Waals surface area contributed by atoms with Crippen LogP contribution >= 0.6 is 0 Å². The van der Waals surface area contributed by atoms with Gasteiger partial charge >= 0.3 is 0 Å². The Labute approximate surface area is 282 Å². The van der Waals surface area contributed by atoms with Crippen LogP contribution in [0.2, 0.25) is 0 Å². The van der Waals surface area contributed by atoms with Gasteiger partial charge in [-0.1, -0.05) is 91.0 Å². The van der Waals surface area contributed by atoms with Crippen molar-refractivity contribution in [1.29, 1.82) is 0 Å². The second-order valence-corrected chi connectivity index (χ2v) is 12.5. The summed E-state index contributed by atoms with van der Waals surface area (Å²) in [7, 11) is 0. The summed E-state index contributed by atoms with van der Waals surface area (Å²) in [6, 6.07) is 47.3. The average Bonchev–Trinajstić information content (AvgIpc) is 3.16. The monoisotopic (exact) mass is 624 g/mol. The van der Waals surface area contributed by atoms with E-state index in [1.807, 2.05) is 24.3 Å². The van der Waals surface area contributed by atoms with Gasteiger partial charge < -0.3 is 9.80 Å². The summed E-state index contributed by atoms with van der Waals surface area (Å²) in [6.45, 7) is -0.474. The van der Waals surface area contributed by atoms with Gasteiger partial charge in [0.05, 0.1) is 0 Å². The molecule has 234 valence electrons. The van der Waals surface area contributed by atoms with Gasteiger partial charge in [0.1, 0.15) is 6.67 Å². The molecule has 0 aromatic heterocycles. The lowest BCUT2D eigenvalue weighted by atomic mass is 9.96. The zero-order valence-electron chi connectivity index (χ0n) is 26.9. The minimum Gasteiger partial charge on any atom is -0.310 e. The van der Waals surface area contributed by atoms with E-state index in [0.29, 0.717) is 5.56 Å². The van der Waals surface area contributed by atoms with Crippen LogP contribution < -0.4 is 9.80 Å². The number of benzene rings is 6. The molecule has 0 radical (unpaired) electrons. The van der Waals surface area contributed by atoms with Gasteiger partial charge in [0.15, 0.2) is 0 Å². The zero-order chi connectivity index (χ0) is 32.3. The fourth-order valence-electron chi connectivity index (χ4n) is 6.88. The molecule has 6 aromatic rings. The van der Waals surface area contributed by atoms with Gasteiger partial charge in [-0.3, -0.25) is 0 Å². The van der Waals surface area contributed by atoms with Crippen LogP contribution in [-0.4, -0.2) is 0 Å².